The number of nitrogens with one attached hydrogen (secondary N) is 2. The Morgan fingerprint density at radius 2 is 1.91 bits per heavy atom. The van der Waals surface area contributed by atoms with Crippen molar-refractivity contribution in [3.05, 3.63) is 75.9 Å². The van der Waals surface area contributed by atoms with Crippen LogP contribution in [-0.4, -0.2) is 10.2 Å². The maximum Gasteiger partial charge on any atom is 0.0710 e. The SMILES string of the molecule is C[C@H](NCc1cn[nH]c1-c1ccc(Cl)cc1Cl)c1ccccc1. The van der Waals surface area contributed by atoms with Crippen LogP contribution in [0.5, 0.6) is 0 Å². The van der Waals surface area contributed by atoms with Gasteiger partial charge in [-0.1, -0.05) is 53.5 Å². The third kappa shape index (κ3) is 3.75. The molecule has 0 saturated carbocycles. The number of rotatable bonds is 5. The molecule has 0 aliphatic heterocycles. The molecule has 1 atom stereocenters. The Hall–Kier alpha value is -1.81. The molecule has 3 nitrogen and oxygen atoms in total. The van der Waals surface area contributed by atoms with Gasteiger partial charge in [0.1, 0.15) is 0 Å². The lowest BCUT2D eigenvalue weighted by Gasteiger charge is -2.14. The minimum Gasteiger partial charge on any atom is -0.306 e. The summed E-state index contributed by atoms with van der Waals surface area (Å²) in [6.45, 7) is 2.84. The van der Waals surface area contributed by atoms with Crippen LogP contribution in [0.4, 0.5) is 0 Å². The minimum atomic E-state index is 0.250. The summed E-state index contributed by atoms with van der Waals surface area (Å²) in [5.74, 6) is 0. The zero-order valence-electron chi connectivity index (χ0n) is 12.7. The van der Waals surface area contributed by atoms with E-state index in [1.165, 1.54) is 5.56 Å². The summed E-state index contributed by atoms with van der Waals surface area (Å²) in [5, 5.41) is 11.9. The fourth-order valence-electron chi connectivity index (χ4n) is 2.49. The molecule has 0 amide bonds. The van der Waals surface area contributed by atoms with Crippen molar-refractivity contribution in [3.63, 3.8) is 0 Å². The highest BCUT2D eigenvalue weighted by Gasteiger charge is 2.12. The number of nitrogens with zero attached hydrogens (tertiary/aromatic N) is 1. The van der Waals surface area contributed by atoms with Gasteiger partial charge in [-0.05, 0) is 30.7 Å². The molecule has 3 aromatic rings. The third-order valence-corrected chi connectivity index (χ3v) is 4.36. The molecule has 0 radical (unpaired) electrons. The fraction of sp³-hybridized carbons (Fsp3) is 0.167. The molecule has 0 spiro atoms. The van der Waals surface area contributed by atoms with Crippen LogP contribution >= 0.6 is 23.2 Å². The predicted octanol–water partition coefficient (Wildman–Crippen LogP) is 5.23. The van der Waals surface area contributed by atoms with E-state index in [-0.39, 0.29) is 6.04 Å². The minimum absolute atomic E-state index is 0.250. The number of aromatic amines is 1. The molecule has 23 heavy (non-hydrogen) atoms. The van der Waals surface area contributed by atoms with E-state index in [1.54, 1.807) is 6.07 Å². The number of H-pyrrole nitrogens is 1. The van der Waals surface area contributed by atoms with E-state index in [2.05, 4.69) is 34.6 Å². The topological polar surface area (TPSA) is 40.7 Å². The first kappa shape index (κ1) is 16.1. The third-order valence-electron chi connectivity index (χ3n) is 3.82. The molecule has 2 N–H and O–H groups in total. The van der Waals surface area contributed by atoms with Crippen molar-refractivity contribution in [1.82, 2.24) is 15.5 Å². The fourth-order valence-corrected chi connectivity index (χ4v) is 3.00. The normalized spacial score (nSPS) is 12.3. The number of hydrogen-bond donors (Lipinski definition) is 2. The molecule has 1 heterocycles. The van der Waals surface area contributed by atoms with Gasteiger partial charge in [-0.25, -0.2) is 0 Å². The Bertz CT molecular complexity index is 784. The molecule has 0 fully saturated rings. The zero-order valence-corrected chi connectivity index (χ0v) is 14.2. The number of hydrogen-bond acceptors (Lipinski definition) is 2. The second-order valence-electron chi connectivity index (χ2n) is 5.41. The number of benzene rings is 2. The van der Waals surface area contributed by atoms with E-state index in [1.807, 2.05) is 36.5 Å². The molecule has 0 bridgehead atoms. The monoisotopic (exact) mass is 345 g/mol. The van der Waals surface area contributed by atoms with Crippen molar-refractivity contribution in [2.45, 2.75) is 19.5 Å². The van der Waals surface area contributed by atoms with Crippen molar-refractivity contribution < 1.29 is 0 Å². The lowest BCUT2D eigenvalue weighted by atomic mass is 10.1. The summed E-state index contributed by atoms with van der Waals surface area (Å²) in [6.07, 6.45) is 1.82. The van der Waals surface area contributed by atoms with Crippen molar-refractivity contribution in [3.8, 4) is 11.3 Å². The standard InChI is InChI=1S/C18H17Cl2N3/c1-12(13-5-3-2-4-6-13)21-10-14-11-22-23-18(14)16-8-7-15(19)9-17(16)20/h2-9,11-12,21H,10H2,1H3,(H,22,23)/t12-/m0/s1. The van der Waals surface area contributed by atoms with Crippen molar-refractivity contribution in [2.24, 2.45) is 0 Å². The molecule has 0 saturated heterocycles. The van der Waals surface area contributed by atoms with Crippen LogP contribution in [0.2, 0.25) is 10.0 Å². The van der Waals surface area contributed by atoms with Gasteiger partial charge in [0.25, 0.3) is 0 Å². The Morgan fingerprint density at radius 1 is 1.13 bits per heavy atom. The molecule has 3 rings (SSSR count). The molecular formula is C18H17Cl2N3. The number of aromatic nitrogens is 2. The first-order valence-electron chi connectivity index (χ1n) is 7.41. The van der Waals surface area contributed by atoms with Crippen molar-refractivity contribution >= 4 is 23.2 Å². The lowest BCUT2D eigenvalue weighted by Crippen LogP contribution is -2.18. The van der Waals surface area contributed by atoms with Gasteiger partial charge in [-0.15, -0.1) is 0 Å². The van der Waals surface area contributed by atoms with Crippen LogP contribution in [0.3, 0.4) is 0 Å². The first-order valence-corrected chi connectivity index (χ1v) is 8.16. The average Bonchev–Trinajstić information content (AvgIpc) is 3.01. The van der Waals surface area contributed by atoms with E-state index in [0.717, 1.165) is 16.8 Å². The Balaban J connectivity index is 1.76. The quantitative estimate of drug-likeness (QED) is 0.664. The molecule has 0 aliphatic rings. The van der Waals surface area contributed by atoms with Crippen molar-refractivity contribution in [2.75, 3.05) is 0 Å². The van der Waals surface area contributed by atoms with E-state index in [0.29, 0.717) is 16.6 Å². The molecule has 0 aliphatic carbocycles. The van der Waals surface area contributed by atoms with Crippen LogP contribution < -0.4 is 5.32 Å². The van der Waals surface area contributed by atoms with Crippen LogP contribution in [0.25, 0.3) is 11.3 Å². The summed E-state index contributed by atoms with van der Waals surface area (Å²) >= 11 is 12.3. The summed E-state index contributed by atoms with van der Waals surface area (Å²) < 4.78 is 0. The van der Waals surface area contributed by atoms with Gasteiger partial charge in [0.05, 0.1) is 16.9 Å². The maximum atomic E-state index is 6.30. The summed E-state index contributed by atoms with van der Waals surface area (Å²) in [7, 11) is 0. The van der Waals surface area contributed by atoms with Gasteiger partial charge < -0.3 is 5.32 Å². The Kier molecular flexibility index (Phi) is 5.01. The zero-order chi connectivity index (χ0) is 16.2. The second kappa shape index (κ2) is 7.18. The average molecular weight is 346 g/mol. The predicted molar refractivity (Wildman–Crippen MR) is 95.7 cm³/mol. The van der Waals surface area contributed by atoms with Crippen LogP contribution in [-0.2, 0) is 6.54 Å². The van der Waals surface area contributed by atoms with Crippen LogP contribution in [0.15, 0.2) is 54.7 Å². The Labute approximate surface area is 145 Å². The smallest absolute Gasteiger partial charge is 0.0710 e. The van der Waals surface area contributed by atoms with Gasteiger partial charge in [0, 0.05) is 28.7 Å². The van der Waals surface area contributed by atoms with E-state index in [4.69, 9.17) is 23.2 Å². The Morgan fingerprint density at radius 3 is 2.65 bits per heavy atom. The van der Waals surface area contributed by atoms with E-state index < -0.39 is 0 Å². The van der Waals surface area contributed by atoms with Gasteiger partial charge in [-0.3, -0.25) is 5.10 Å². The van der Waals surface area contributed by atoms with Crippen LogP contribution in [0.1, 0.15) is 24.1 Å². The van der Waals surface area contributed by atoms with E-state index >= 15 is 0 Å². The van der Waals surface area contributed by atoms with Crippen LogP contribution in [0, 0.1) is 0 Å². The highest BCUT2D eigenvalue weighted by Crippen LogP contribution is 2.31. The summed E-state index contributed by atoms with van der Waals surface area (Å²) in [5.41, 5.74) is 4.14. The van der Waals surface area contributed by atoms with E-state index in [9.17, 15) is 0 Å². The molecule has 118 valence electrons. The highest BCUT2D eigenvalue weighted by molar-refractivity contribution is 6.36. The molecule has 5 heteroatoms. The molecular weight excluding hydrogens is 329 g/mol. The molecule has 2 aromatic carbocycles. The van der Waals surface area contributed by atoms with Gasteiger partial charge in [0.2, 0.25) is 0 Å². The highest BCUT2D eigenvalue weighted by atomic mass is 35.5. The number of halogens is 2. The summed E-state index contributed by atoms with van der Waals surface area (Å²) in [4.78, 5) is 0. The largest absolute Gasteiger partial charge is 0.306 e. The lowest BCUT2D eigenvalue weighted by molar-refractivity contribution is 0.575. The van der Waals surface area contributed by atoms with Gasteiger partial charge in [0.15, 0.2) is 0 Å². The second-order valence-corrected chi connectivity index (χ2v) is 6.25. The molecule has 0 unspecified atom stereocenters. The first-order chi connectivity index (χ1) is 11.1. The van der Waals surface area contributed by atoms with Crippen molar-refractivity contribution in [1.29, 1.82) is 0 Å². The molecule has 1 aromatic heterocycles. The maximum absolute atomic E-state index is 6.30. The van der Waals surface area contributed by atoms with Gasteiger partial charge in [-0.2, -0.15) is 5.10 Å². The van der Waals surface area contributed by atoms with Gasteiger partial charge >= 0.3 is 0 Å². The summed E-state index contributed by atoms with van der Waals surface area (Å²) in [6, 6.07) is 16.1.